The maximum absolute atomic E-state index is 14.0. The quantitative estimate of drug-likeness (QED) is 0.0776. The van der Waals surface area contributed by atoms with Crippen LogP contribution in [0.25, 0.3) is 0 Å². The highest BCUT2D eigenvalue weighted by atomic mass is 16.2. The number of hydrogen-bond acceptors (Lipinski definition) is 9. The summed E-state index contributed by atoms with van der Waals surface area (Å²) >= 11 is 0. The highest BCUT2D eigenvalue weighted by Crippen LogP contribution is 2.29. The minimum Gasteiger partial charge on any atom is -0.369 e. The van der Waals surface area contributed by atoms with Crippen LogP contribution >= 0.6 is 0 Å². The number of rotatable bonds is 23. The molecule has 1 saturated heterocycles. The maximum atomic E-state index is 14.0. The SMILES string of the molecule is CC(=O)NC1CCCC1C(=O)N[C@H](CC(=O)NC1CCCC1C(=O)NC[C@H](CC(C)C)C(=O)NC1CNCC1C(=O)N[C@H](CC(=O)NC1CCCC1C(N)=O)Cc1ccccc1)CC(C)C. The van der Waals surface area contributed by atoms with E-state index in [1.54, 1.807) is 0 Å². The molecule has 0 aromatic heterocycles. The van der Waals surface area contributed by atoms with E-state index >= 15 is 0 Å². The minimum absolute atomic E-state index is 0.00120. The molecule has 8 unspecified atom stereocenters. The fourth-order valence-electron chi connectivity index (χ4n) is 10.7. The molecule has 0 bridgehead atoms. The summed E-state index contributed by atoms with van der Waals surface area (Å²) < 4.78 is 0. The van der Waals surface area contributed by atoms with Crippen LogP contribution < -0.4 is 48.3 Å². The highest BCUT2D eigenvalue weighted by molar-refractivity contribution is 5.87. The Morgan fingerprint density at radius 3 is 1.73 bits per heavy atom. The van der Waals surface area contributed by atoms with Gasteiger partial charge in [0.15, 0.2) is 0 Å². The fraction of sp³-hybridized carbons (Fsp3) is 0.714. The van der Waals surface area contributed by atoms with E-state index in [1.165, 1.54) is 6.92 Å². The van der Waals surface area contributed by atoms with E-state index in [0.29, 0.717) is 64.5 Å². The number of primary amides is 1. The molecular formula is C49H77N9O8. The van der Waals surface area contributed by atoms with Crippen LogP contribution in [0.4, 0.5) is 0 Å². The lowest BCUT2D eigenvalue weighted by molar-refractivity contribution is -0.130. The monoisotopic (exact) mass is 920 g/mol. The molecule has 1 heterocycles. The molecule has 3 aliphatic carbocycles. The van der Waals surface area contributed by atoms with Gasteiger partial charge in [0, 0.05) is 69.6 Å². The lowest BCUT2D eigenvalue weighted by Gasteiger charge is -2.27. The Morgan fingerprint density at radius 2 is 1.14 bits per heavy atom. The van der Waals surface area contributed by atoms with Crippen molar-refractivity contribution in [2.24, 2.45) is 47.2 Å². The van der Waals surface area contributed by atoms with Crippen LogP contribution in [0.15, 0.2) is 30.3 Å². The number of amides is 8. The average molecular weight is 920 g/mol. The van der Waals surface area contributed by atoms with Crippen LogP contribution in [0.1, 0.15) is 124 Å². The number of benzene rings is 1. The zero-order chi connectivity index (χ0) is 47.9. The number of carbonyl (C=O) groups excluding carboxylic acids is 8. The van der Waals surface area contributed by atoms with E-state index in [-0.39, 0.29) is 96.6 Å². The third kappa shape index (κ3) is 15.8. The van der Waals surface area contributed by atoms with Crippen molar-refractivity contribution in [2.75, 3.05) is 19.6 Å². The Bertz CT molecular complexity index is 1850. The molecule has 17 nitrogen and oxygen atoms in total. The zero-order valence-electron chi connectivity index (χ0n) is 39.8. The Hall–Kier alpha value is -5.06. The summed E-state index contributed by atoms with van der Waals surface area (Å²) in [4.78, 5) is 106. The van der Waals surface area contributed by atoms with Gasteiger partial charge in [0.1, 0.15) is 0 Å². The number of nitrogens with two attached hydrogens (primary N) is 1. The molecule has 11 atom stereocenters. The summed E-state index contributed by atoms with van der Waals surface area (Å²) in [6.07, 6.45) is 7.89. The van der Waals surface area contributed by atoms with Gasteiger partial charge in [-0.15, -0.1) is 0 Å². The third-order valence-electron chi connectivity index (χ3n) is 13.8. The zero-order valence-corrected chi connectivity index (χ0v) is 39.8. The van der Waals surface area contributed by atoms with Crippen molar-refractivity contribution >= 4 is 47.3 Å². The van der Waals surface area contributed by atoms with Gasteiger partial charge in [-0.1, -0.05) is 77.3 Å². The predicted molar refractivity (Wildman–Crippen MR) is 250 cm³/mol. The van der Waals surface area contributed by atoms with Gasteiger partial charge in [-0.25, -0.2) is 0 Å². The molecule has 0 radical (unpaired) electrons. The van der Waals surface area contributed by atoms with E-state index < -0.39 is 47.7 Å². The van der Waals surface area contributed by atoms with Gasteiger partial charge in [-0.2, -0.15) is 0 Å². The van der Waals surface area contributed by atoms with E-state index in [4.69, 9.17) is 5.73 Å². The molecule has 17 heteroatoms. The van der Waals surface area contributed by atoms with Gasteiger partial charge in [0.2, 0.25) is 47.3 Å². The van der Waals surface area contributed by atoms with Crippen LogP contribution in [0, 0.1) is 41.4 Å². The van der Waals surface area contributed by atoms with Crippen LogP contribution in [-0.2, 0) is 44.8 Å². The molecule has 366 valence electrons. The second-order valence-electron chi connectivity index (χ2n) is 20.3. The molecule has 1 aromatic rings. The van der Waals surface area contributed by atoms with Gasteiger partial charge in [0.25, 0.3) is 0 Å². The number of carbonyl (C=O) groups is 8. The Balaban J connectivity index is 1.14. The van der Waals surface area contributed by atoms with Crippen molar-refractivity contribution in [1.29, 1.82) is 0 Å². The van der Waals surface area contributed by atoms with Gasteiger partial charge < -0.3 is 48.3 Å². The first-order valence-electron chi connectivity index (χ1n) is 24.6. The van der Waals surface area contributed by atoms with E-state index in [9.17, 15) is 38.4 Å². The summed E-state index contributed by atoms with van der Waals surface area (Å²) in [5.41, 5.74) is 6.54. The van der Waals surface area contributed by atoms with Crippen LogP contribution in [0.2, 0.25) is 0 Å². The first-order valence-corrected chi connectivity index (χ1v) is 24.6. The van der Waals surface area contributed by atoms with Crippen LogP contribution in [0.5, 0.6) is 0 Å². The van der Waals surface area contributed by atoms with Crippen molar-refractivity contribution in [3.05, 3.63) is 35.9 Å². The summed E-state index contributed by atoms with van der Waals surface area (Å²) in [7, 11) is 0. The topological polar surface area (TPSA) is 259 Å². The number of nitrogens with one attached hydrogen (secondary N) is 8. The predicted octanol–water partition coefficient (Wildman–Crippen LogP) is 1.87. The molecule has 1 aliphatic heterocycles. The van der Waals surface area contributed by atoms with Crippen LogP contribution in [0.3, 0.4) is 0 Å². The Labute approximate surface area is 390 Å². The molecule has 8 amide bonds. The van der Waals surface area contributed by atoms with Gasteiger partial charge in [-0.05, 0) is 75.2 Å². The molecule has 1 aromatic carbocycles. The van der Waals surface area contributed by atoms with Crippen LogP contribution in [-0.4, -0.2) is 103 Å². The molecule has 3 saturated carbocycles. The lowest BCUT2D eigenvalue weighted by atomic mass is 9.94. The van der Waals surface area contributed by atoms with Gasteiger partial charge in [0.05, 0.1) is 35.6 Å². The molecule has 10 N–H and O–H groups in total. The lowest BCUT2D eigenvalue weighted by Crippen LogP contribution is -2.52. The maximum Gasteiger partial charge on any atom is 0.226 e. The first-order chi connectivity index (χ1) is 31.5. The molecule has 4 fully saturated rings. The minimum atomic E-state index is -0.613. The Morgan fingerprint density at radius 1 is 0.606 bits per heavy atom. The fourth-order valence-corrected chi connectivity index (χ4v) is 10.7. The van der Waals surface area contributed by atoms with E-state index in [0.717, 1.165) is 31.2 Å². The van der Waals surface area contributed by atoms with Gasteiger partial charge >= 0.3 is 0 Å². The molecule has 0 spiro atoms. The van der Waals surface area contributed by atoms with E-state index in [2.05, 4.69) is 42.5 Å². The second-order valence-corrected chi connectivity index (χ2v) is 20.3. The van der Waals surface area contributed by atoms with E-state index in [1.807, 2.05) is 58.0 Å². The molecule has 4 aliphatic rings. The summed E-state index contributed by atoms with van der Waals surface area (Å²) in [6.45, 7) is 10.3. The Kier molecular flexibility index (Phi) is 19.8. The average Bonchev–Trinajstić information content (AvgIpc) is 4.08. The van der Waals surface area contributed by atoms with Crippen molar-refractivity contribution in [1.82, 2.24) is 42.5 Å². The smallest absolute Gasteiger partial charge is 0.226 e. The van der Waals surface area contributed by atoms with Crippen molar-refractivity contribution in [3.8, 4) is 0 Å². The summed E-state index contributed by atoms with van der Waals surface area (Å²) in [5.74, 6) is -4.14. The number of hydrogen-bond donors (Lipinski definition) is 9. The first kappa shape index (κ1) is 51.9. The molecule has 5 rings (SSSR count). The summed E-state index contributed by atoms with van der Waals surface area (Å²) in [5, 5.41) is 24.5. The van der Waals surface area contributed by atoms with Crippen molar-refractivity contribution in [3.63, 3.8) is 0 Å². The largest absolute Gasteiger partial charge is 0.369 e. The van der Waals surface area contributed by atoms with Gasteiger partial charge in [-0.3, -0.25) is 38.4 Å². The molecular weight excluding hydrogens is 843 g/mol. The third-order valence-corrected chi connectivity index (χ3v) is 13.8. The highest BCUT2D eigenvalue weighted by Gasteiger charge is 2.40. The normalized spacial score (nSPS) is 26.2. The van der Waals surface area contributed by atoms with Crippen molar-refractivity contribution in [2.45, 2.75) is 161 Å². The molecule has 66 heavy (non-hydrogen) atoms. The van der Waals surface area contributed by atoms with Crippen molar-refractivity contribution < 1.29 is 38.4 Å². The second kappa shape index (κ2) is 25.2. The standard InChI is InChI=1S/C49H77N9O8/c1-28(2)20-32(25-52-47(64)36-15-10-19-41(36)57-43(60)23-33(21-29(3)4)54-48(65)37-16-11-18-40(37)53-30(5)59)46(63)58-42-27-51-26-38(42)49(66)55-34(22-31-12-7-6-8-13-31)24-44(61)56-39-17-9-14-35(39)45(50)62/h6-8,12-13,28-29,32-42,51H,9-11,14-27H2,1-5H3,(H2,50,62)(H,52,64)(H,53,59)(H,54,65)(H,55,66)(H,56,61)(H,57,60)(H,58,63)/t32-,33-,34-,35?,36?,37?,38?,39?,40?,41?,42?/m0/s1. The summed E-state index contributed by atoms with van der Waals surface area (Å²) in [6, 6.07) is 7.15.